The molecule has 0 aliphatic rings. The van der Waals surface area contributed by atoms with Gasteiger partial charge in [-0.3, -0.25) is 4.79 Å². The lowest BCUT2D eigenvalue weighted by Gasteiger charge is -2.17. The zero-order valence-corrected chi connectivity index (χ0v) is 15.7. The first-order valence-corrected chi connectivity index (χ1v) is 8.42. The summed E-state index contributed by atoms with van der Waals surface area (Å²) < 4.78 is 19.6. The Morgan fingerprint density at radius 2 is 1.92 bits per heavy atom. The van der Waals surface area contributed by atoms with Gasteiger partial charge in [-0.2, -0.15) is 9.37 Å². The Hall–Kier alpha value is -2.25. The number of nitrogens with one attached hydrogen (secondary N) is 1. The summed E-state index contributed by atoms with van der Waals surface area (Å²) in [6, 6.07) is 3.43. The first-order valence-electron chi connectivity index (χ1n) is 7.66. The van der Waals surface area contributed by atoms with Gasteiger partial charge in [0, 0.05) is 5.56 Å². The molecule has 1 aromatic heterocycles. The number of ether oxygens (including phenoxy) is 1. The summed E-state index contributed by atoms with van der Waals surface area (Å²) >= 11 is 12.1. The first kappa shape index (κ1) is 20.1. The van der Waals surface area contributed by atoms with Gasteiger partial charge in [0.2, 0.25) is 5.95 Å². The van der Waals surface area contributed by atoms with Gasteiger partial charge in [-0.05, 0) is 31.0 Å². The molecule has 1 heterocycles. The van der Waals surface area contributed by atoms with E-state index < -0.39 is 23.0 Å². The van der Waals surface area contributed by atoms with Crippen molar-refractivity contribution < 1.29 is 24.1 Å². The van der Waals surface area contributed by atoms with Crippen LogP contribution in [0.5, 0.6) is 17.2 Å². The summed E-state index contributed by atoms with van der Waals surface area (Å²) in [6.07, 6.45) is 0. The number of hydrogen-bond donors (Lipinski definition) is 3. The summed E-state index contributed by atoms with van der Waals surface area (Å²) in [5.74, 6) is -2.24. The number of carbonyl (C=O) groups is 1. The highest BCUT2D eigenvalue weighted by atomic mass is 35.5. The Balaban J connectivity index is 2.45. The zero-order chi connectivity index (χ0) is 19.6. The third-order valence-electron chi connectivity index (χ3n) is 3.56. The second-order valence-electron chi connectivity index (χ2n) is 5.89. The van der Waals surface area contributed by atoms with Crippen molar-refractivity contribution in [3.63, 3.8) is 0 Å². The predicted molar refractivity (Wildman–Crippen MR) is 97.2 cm³/mol. The normalized spacial score (nSPS) is 12.1. The molecule has 2 aromatic rings. The van der Waals surface area contributed by atoms with Crippen molar-refractivity contribution in [1.82, 2.24) is 4.98 Å². The number of hydrogen-bond acceptors (Lipinski definition) is 5. The van der Waals surface area contributed by atoms with Gasteiger partial charge in [0.15, 0.2) is 11.6 Å². The Kier molecular flexibility index (Phi) is 6.15. The molecule has 6 nitrogen and oxygen atoms in total. The second-order valence-corrected chi connectivity index (χ2v) is 6.65. The fraction of sp³-hybridized carbons (Fsp3) is 0.294. The highest BCUT2D eigenvalue weighted by Crippen LogP contribution is 2.42. The average molecular weight is 403 g/mol. The Morgan fingerprint density at radius 3 is 2.50 bits per heavy atom. The topological polar surface area (TPSA) is 91.7 Å². The largest absolute Gasteiger partial charge is 0.508 e. The molecular formula is C17H17Cl2FN2O4. The third-order valence-corrected chi connectivity index (χ3v) is 4.24. The van der Waals surface area contributed by atoms with E-state index in [0.717, 1.165) is 0 Å². The van der Waals surface area contributed by atoms with Crippen LogP contribution in [0.1, 0.15) is 32.3 Å². The van der Waals surface area contributed by atoms with Crippen LogP contribution in [0.4, 0.5) is 10.2 Å². The number of phenolic OH excluding ortho intramolecular Hbond substituents is 1. The predicted octanol–water partition coefficient (Wildman–Crippen LogP) is 5.03. The number of benzene rings is 1. The van der Waals surface area contributed by atoms with Gasteiger partial charge < -0.3 is 20.3 Å². The van der Waals surface area contributed by atoms with Crippen molar-refractivity contribution in [2.75, 3.05) is 5.32 Å². The molecule has 2 rings (SSSR count). The maximum Gasteiger partial charge on any atom is 0.325 e. The highest BCUT2D eigenvalue weighted by molar-refractivity contribution is 6.38. The lowest BCUT2D eigenvalue weighted by Crippen LogP contribution is -2.26. The summed E-state index contributed by atoms with van der Waals surface area (Å²) in [4.78, 5) is 14.5. The minimum atomic E-state index is -1.17. The molecule has 0 spiro atoms. The average Bonchev–Trinajstić information content (AvgIpc) is 2.57. The molecule has 140 valence electrons. The standard InChI is InChI=1S/C17H17Cl2FN2O4/c1-7(2)10-6-9(4-5-11(10)23)26-14-12(18)15(20)22-16(13(14)19)21-8(3)17(24)25/h4-8,23H,1-3H3,(H,21,22)(H,24,25)/t8-/m1/s1. The van der Waals surface area contributed by atoms with Gasteiger partial charge in [-0.25, -0.2) is 0 Å². The SMILES string of the molecule is CC(C)c1cc(Oc2c(Cl)c(F)nc(N[C@H](C)C(=O)O)c2Cl)ccc1O. The number of aromatic nitrogens is 1. The molecule has 0 fully saturated rings. The molecule has 0 radical (unpaired) electrons. The number of carboxylic acid groups (broad SMARTS) is 1. The van der Waals surface area contributed by atoms with E-state index in [2.05, 4.69) is 10.3 Å². The summed E-state index contributed by atoms with van der Waals surface area (Å²) in [6.45, 7) is 5.13. The molecule has 3 N–H and O–H groups in total. The van der Waals surface area contributed by atoms with Crippen molar-refractivity contribution in [2.24, 2.45) is 0 Å². The van der Waals surface area contributed by atoms with Crippen LogP contribution in [0.25, 0.3) is 0 Å². The van der Waals surface area contributed by atoms with E-state index in [4.69, 9.17) is 33.0 Å². The Morgan fingerprint density at radius 1 is 1.27 bits per heavy atom. The molecule has 1 atom stereocenters. The van der Waals surface area contributed by atoms with Gasteiger partial charge >= 0.3 is 5.97 Å². The molecule has 9 heteroatoms. The lowest BCUT2D eigenvalue weighted by molar-refractivity contribution is -0.137. The second kappa shape index (κ2) is 7.97. The summed E-state index contributed by atoms with van der Waals surface area (Å²) in [7, 11) is 0. The number of nitrogens with zero attached hydrogens (tertiary/aromatic N) is 1. The highest BCUT2D eigenvalue weighted by Gasteiger charge is 2.22. The summed E-state index contributed by atoms with van der Waals surface area (Å²) in [5, 5.41) is 20.7. The van der Waals surface area contributed by atoms with Gasteiger partial charge in [-0.1, -0.05) is 37.0 Å². The Bertz CT molecular complexity index is 846. The van der Waals surface area contributed by atoms with Crippen molar-refractivity contribution in [3.05, 3.63) is 39.8 Å². The molecule has 0 saturated carbocycles. The van der Waals surface area contributed by atoms with Gasteiger partial charge in [-0.15, -0.1) is 0 Å². The third kappa shape index (κ3) is 4.28. The molecule has 0 saturated heterocycles. The van der Waals surface area contributed by atoms with Crippen LogP contribution in [-0.2, 0) is 4.79 Å². The molecule has 0 unspecified atom stereocenters. The van der Waals surface area contributed by atoms with Crippen LogP contribution in [0, 0.1) is 5.95 Å². The molecule has 0 amide bonds. The zero-order valence-electron chi connectivity index (χ0n) is 14.2. The monoisotopic (exact) mass is 402 g/mol. The molecule has 0 aliphatic carbocycles. The number of carboxylic acids is 1. The van der Waals surface area contributed by atoms with Gasteiger partial charge in [0.05, 0.1) is 0 Å². The molecule has 0 aliphatic heterocycles. The van der Waals surface area contributed by atoms with E-state index in [1.54, 1.807) is 6.07 Å². The van der Waals surface area contributed by atoms with Gasteiger partial charge in [0.1, 0.15) is 27.6 Å². The quantitative estimate of drug-likeness (QED) is 0.586. The van der Waals surface area contributed by atoms with Crippen LogP contribution < -0.4 is 10.1 Å². The number of aliphatic carboxylic acids is 1. The van der Waals surface area contributed by atoms with Crippen LogP contribution in [0.2, 0.25) is 10.0 Å². The van der Waals surface area contributed by atoms with Gasteiger partial charge in [0.25, 0.3) is 0 Å². The number of rotatable bonds is 6. The van der Waals surface area contributed by atoms with E-state index in [9.17, 15) is 14.3 Å². The summed E-state index contributed by atoms with van der Waals surface area (Å²) in [5.41, 5.74) is 0.627. The fourth-order valence-electron chi connectivity index (χ4n) is 2.12. The van der Waals surface area contributed by atoms with E-state index >= 15 is 0 Å². The maximum atomic E-state index is 14.0. The van der Waals surface area contributed by atoms with E-state index in [-0.39, 0.29) is 34.0 Å². The molecule has 1 aromatic carbocycles. The van der Waals surface area contributed by atoms with Crippen LogP contribution in [-0.4, -0.2) is 27.2 Å². The number of aromatic hydroxyl groups is 1. The lowest BCUT2D eigenvalue weighted by atomic mass is 10.0. The maximum absolute atomic E-state index is 14.0. The number of pyridine rings is 1. The molecule has 26 heavy (non-hydrogen) atoms. The smallest absolute Gasteiger partial charge is 0.325 e. The number of halogens is 3. The van der Waals surface area contributed by atoms with Crippen molar-refractivity contribution in [1.29, 1.82) is 0 Å². The van der Waals surface area contributed by atoms with E-state index in [1.807, 2.05) is 13.8 Å². The first-order chi connectivity index (χ1) is 12.1. The molecule has 0 bridgehead atoms. The van der Waals surface area contributed by atoms with Crippen molar-refractivity contribution in [2.45, 2.75) is 32.7 Å². The van der Waals surface area contributed by atoms with E-state index in [1.165, 1.54) is 19.1 Å². The molecular weight excluding hydrogens is 386 g/mol. The minimum absolute atomic E-state index is 0.0207. The van der Waals surface area contributed by atoms with Crippen LogP contribution in [0.15, 0.2) is 18.2 Å². The number of phenols is 1. The van der Waals surface area contributed by atoms with Crippen molar-refractivity contribution in [3.8, 4) is 17.2 Å². The minimum Gasteiger partial charge on any atom is -0.508 e. The fourth-order valence-corrected chi connectivity index (χ4v) is 2.58. The van der Waals surface area contributed by atoms with Crippen LogP contribution in [0.3, 0.4) is 0 Å². The Labute approximate surface area is 159 Å². The van der Waals surface area contributed by atoms with Crippen molar-refractivity contribution >= 4 is 35.0 Å². The van der Waals surface area contributed by atoms with E-state index in [0.29, 0.717) is 5.56 Å². The number of anilines is 1. The van der Waals surface area contributed by atoms with Crippen LogP contribution >= 0.6 is 23.2 Å².